The van der Waals surface area contributed by atoms with E-state index < -0.39 is 64.1 Å². The average molecular weight is 501 g/mol. The Morgan fingerprint density at radius 3 is 1.37 bits per heavy atom. The summed E-state index contributed by atoms with van der Waals surface area (Å²) in [4.78, 5) is 9.25. The Kier molecular flexibility index (Phi) is 13.6. The monoisotopic (exact) mass is 500 g/mol. The molecule has 8 nitrogen and oxygen atoms in total. The Morgan fingerprint density at radius 1 is 0.900 bits per heavy atom. The fourth-order valence-electron chi connectivity index (χ4n) is 2.65. The first-order chi connectivity index (χ1) is 13.2. The van der Waals surface area contributed by atoms with Crippen molar-refractivity contribution in [3.05, 3.63) is 12.7 Å². The molecule has 0 amide bonds. The molecule has 0 aliphatic carbocycles. The van der Waals surface area contributed by atoms with E-state index in [4.69, 9.17) is 17.5 Å². The Bertz CT molecular complexity index is 485. The maximum Gasteiger partial charge on any atom is 0.475 e. The van der Waals surface area contributed by atoms with Gasteiger partial charge in [-0.05, 0) is 65.3 Å². The molecule has 0 saturated heterocycles. The lowest BCUT2D eigenvalue weighted by atomic mass is 10.1. The highest BCUT2D eigenvalue weighted by Gasteiger charge is 2.58. The van der Waals surface area contributed by atoms with E-state index in [1.54, 1.807) is 0 Å². The second kappa shape index (κ2) is 12.8. The maximum atomic E-state index is 10.7. The molecule has 0 aromatic rings. The predicted octanol–water partition coefficient (Wildman–Crippen LogP) is 3.23. The summed E-state index contributed by atoms with van der Waals surface area (Å²) in [5, 5.41) is 37.7. The lowest BCUT2D eigenvalue weighted by molar-refractivity contribution is -0.131. The van der Waals surface area contributed by atoms with Crippen LogP contribution in [0.4, 0.5) is 0 Å². The molecule has 0 aromatic heterocycles. The fourth-order valence-corrected chi connectivity index (χ4v) is 17.5. The Hall–Kier alpha value is -0.162. The van der Waals surface area contributed by atoms with E-state index in [9.17, 15) is 20.1 Å². The summed E-state index contributed by atoms with van der Waals surface area (Å²) in [7, 11) is -9.49. The van der Waals surface area contributed by atoms with Crippen LogP contribution in [0.5, 0.6) is 0 Å². The molecule has 180 valence electrons. The van der Waals surface area contributed by atoms with Crippen molar-refractivity contribution in [2.75, 3.05) is 6.61 Å². The summed E-state index contributed by atoms with van der Waals surface area (Å²) >= 11 is 0. The van der Waals surface area contributed by atoms with Gasteiger partial charge >= 0.3 is 14.8 Å². The van der Waals surface area contributed by atoms with Crippen molar-refractivity contribution in [2.45, 2.75) is 90.0 Å². The highest BCUT2D eigenvalue weighted by Crippen LogP contribution is 2.39. The van der Waals surface area contributed by atoms with Crippen molar-refractivity contribution >= 4 is 39.7 Å². The lowest BCUT2D eigenvalue weighted by Gasteiger charge is -2.47. The predicted molar refractivity (Wildman–Crippen MR) is 130 cm³/mol. The molecule has 0 rings (SSSR count). The molecule has 3 unspecified atom stereocenters. The van der Waals surface area contributed by atoms with E-state index >= 15 is 0 Å². The first-order valence-corrected chi connectivity index (χ1v) is 22.2. The molecule has 0 aromatic carbocycles. The van der Waals surface area contributed by atoms with E-state index in [-0.39, 0.29) is 0 Å². The van der Waals surface area contributed by atoms with Gasteiger partial charge in [0.1, 0.15) is 6.10 Å². The van der Waals surface area contributed by atoms with Gasteiger partial charge in [0.15, 0.2) is 25.0 Å². The topological polar surface area (TPSA) is 126 Å². The van der Waals surface area contributed by atoms with Crippen molar-refractivity contribution in [2.24, 2.45) is 0 Å². The van der Waals surface area contributed by atoms with Crippen molar-refractivity contribution in [3.8, 4) is 0 Å². The van der Waals surface area contributed by atoms with E-state index in [0.717, 1.165) is 6.08 Å². The summed E-state index contributed by atoms with van der Waals surface area (Å²) in [6.07, 6.45) is -1.01. The molecule has 0 spiro atoms. The highest BCUT2D eigenvalue weighted by molar-refractivity contribution is 6.90. The van der Waals surface area contributed by atoms with Crippen LogP contribution in [0.2, 0.25) is 64.5 Å². The third kappa shape index (κ3) is 14.0. The Labute approximate surface area is 186 Å². The quantitative estimate of drug-likeness (QED) is 0.238. The maximum absolute atomic E-state index is 10.7. The first kappa shape index (κ1) is 32.0. The number of rotatable bonds is 12. The van der Waals surface area contributed by atoms with Crippen LogP contribution in [-0.2, 0) is 17.1 Å². The molecule has 0 aliphatic heterocycles. The van der Waals surface area contributed by atoms with Gasteiger partial charge in [0.2, 0.25) is 0 Å². The second-order valence-electron chi connectivity index (χ2n) is 10.0. The summed E-state index contributed by atoms with van der Waals surface area (Å²) in [6, 6.07) is 0. The second-order valence-corrected chi connectivity index (χ2v) is 27.1. The lowest BCUT2D eigenvalue weighted by Crippen LogP contribution is -2.65. The van der Waals surface area contributed by atoms with Gasteiger partial charge in [-0.25, -0.2) is 4.79 Å². The molecule has 0 bridgehead atoms. The van der Waals surface area contributed by atoms with Crippen LogP contribution in [0, 0.1) is 0 Å². The van der Waals surface area contributed by atoms with Crippen molar-refractivity contribution in [1.29, 1.82) is 0 Å². The fraction of sp³-hybridized carbons (Fsp3) is 0.833. The van der Waals surface area contributed by atoms with Crippen LogP contribution in [-0.4, -0.2) is 79.0 Å². The van der Waals surface area contributed by atoms with Crippen molar-refractivity contribution in [3.63, 3.8) is 0 Å². The van der Waals surface area contributed by atoms with E-state index in [1.165, 1.54) is 0 Å². The molecule has 4 N–H and O–H groups in total. The van der Waals surface area contributed by atoms with E-state index in [0.29, 0.717) is 6.42 Å². The molecular weight excluding hydrogens is 457 g/mol. The highest BCUT2D eigenvalue weighted by atomic mass is 28.5. The number of carboxylic acids is 1. The largest absolute Gasteiger partial charge is 0.478 e. The summed E-state index contributed by atoms with van der Waals surface area (Å²) in [6.45, 7) is 23.1. The van der Waals surface area contributed by atoms with Gasteiger partial charge in [-0.3, -0.25) is 0 Å². The molecule has 0 saturated carbocycles. The minimum Gasteiger partial charge on any atom is -0.478 e. The molecule has 0 heterocycles. The molecule has 0 aliphatic rings. The summed E-state index contributed by atoms with van der Waals surface area (Å²) < 4.78 is 19.8. The van der Waals surface area contributed by atoms with Crippen LogP contribution >= 0.6 is 0 Å². The number of carbonyl (C=O) groups is 1. The van der Waals surface area contributed by atoms with Crippen LogP contribution in [0.3, 0.4) is 0 Å². The van der Waals surface area contributed by atoms with Gasteiger partial charge in [-0.15, -0.1) is 0 Å². The summed E-state index contributed by atoms with van der Waals surface area (Å²) in [5.41, 5.74) is -0.472. The first-order valence-electron chi connectivity index (χ1n) is 10.2. The molecule has 0 fully saturated rings. The Balaban J connectivity index is 0. The molecule has 3 atom stereocenters. The number of aliphatic hydroxyl groups excluding tert-OH is 3. The molecule has 0 radical (unpaired) electrons. The molecule has 12 heteroatoms. The van der Waals surface area contributed by atoms with Gasteiger partial charge in [0.25, 0.3) is 0 Å². The van der Waals surface area contributed by atoms with Crippen LogP contribution < -0.4 is 0 Å². The van der Waals surface area contributed by atoms with Gasteiger partial charge in [-0.1, -0.05) is 13.5 Å². The molecule has 30 heavy (non-hydrogen) atoms. The SMILES string of the molecule is C=CC(=O)O.CCC(C(O)C(O)CO)[Si](O[Si](C)(C)C)(O[Si](C)(C)C)O[Si](C)(C)C. The average Bonchev–Trinajstić information content (AvgIpc) is 2.49. The number of hydrogen-bond donors (Lipinski definition) is 4. The van der Waals surface area contributed by atoms with Crippen LogP contribution in [0.15, 0.2) is 12.7 Å². The minimum absolute atomic E-state index is 0.472. The summed E-state index contributed by atoms with van der Waals surface area (Å²) in [5.74, 6) is -0.981. The number of aliphatic hydroxyl groups is 3. The van der Waals surface area contributed by atoms with Crippen LogP contribution in [0.25, 0.3) is 0 Å². The normalized spacial score (nSPS) is 16.2. The number of aliphatic carboxylic acids is 1. The number of hydrogen-bond acceptors (Lipinski definition) is 7. The van der Waals surface area contributed by atoms with Crippen molar-refractivity contribution in [1.82, 2.24) is 0 Å². The van der Waals surface area contributed by atoms with E-state index in [1.807, 2.05) is 6.92 Å². The standard InChI is InChI=1S/C15H40O6Si4.C3H4O2/c1-11-14(15(18)13(17)12-16)25(19-22(2,3)4,20-23(5,6)7)21-24(8,9)10;1-2-3(4)5/h13-18H,11-12H2,1-10H3;2H,1H2,(H,4,5). The molecular formula is C18H44O8Si4. The minimum atomic E-state index is -3.31. The Morgan fingerprint density at radius 2 is 1.20 bits per heavy atom. The third-order valence-corrected chi connectivity index (χ3v) is 15.8. The zero-order valence-corrected chi connectivity index (χ0v) is 24.4. The zero-order chi connectivity index (χ0) is 24.6. The van der Waals surface area contributed by atoms with Gasteiger partial charge in [-0.2, -0.15) is 0 Å². The van der Waals surface area contributed by atoms with Crippen LogP contribution in [0.1, 0.15) is 13.3 Å². The number of carboxylic acid groups (broad SMARTS) is 1. The van der Waals surface area contributed by atoms with Gasteiger partial charge in [0, 0.05) is 6.08 Å². The van der Waals surface area contributed by atoms with Crippen molar-refractivity contribution < 1.29 is 37.6 Å². The van der Waals surface area contributed by atoms with Gasteiger partial charge in [0.05, 0.1) is 18.3 Å². The smallest absolute Gasteiger partial charge is 0.475 e. The van der Waals surface area contributed by atoms with E-state index in [2.05, 4.69) is 65.5 Å². The van der Waals surface area contributed by atoms with Gasteiger partial charge < -0.3 is 32.8 Å². The zero-order valence-electron chi connectivity index (χ0n) is 20.4. The third-order valence-electron chi connectivity index (χ3n) is 3.41.